The van der Waals surface area contributed by atoms with E-state index in [-0.39, 0.29) is 21.8 Å². The van der Waals surface area contributed by atoms with Crippen LogP contribution >= 0.6 is 0 Å². The summed E-state index contributed by atoms with van der Waals surface area (Å²) >= 11 is 0. The summed E-state index contributed by atoms with van der Waals surface area (Å²) in [4.78, 5) is -0.0263. The standard InChI is InChI=1S/C17H22F3N3O2S/c1-10-7-8-13(9-14(10)17(18,19)20)22-26(24,25)15-11(2)21-23(12(15)3)16(4,5)6/h7-9,22H,1-6H3. The summed E-state index contributed by atoms with van der Waals surface area (Å²) in [5.74, 6) is 0. The Morgan fingerprint density at radius 3 is 2.12 bits per heavy atom. The Morgan fingerprint density at radius 1 is 1.08 bits per heavy atom. The zero-order chi connectivity index (χ0) is 20.1. The van der Waals surface area contributed by atoms with Crippen LogP contribution in [0.3, 0.4) is 0 Å². The summed E-state index contributed by atoms with van der Waals surface area (Å²) in [7, 11) is -4.09. The van der Waals surface area contributed by atoms with Crippen molar-refractivity contribution >= 4 is 15.7 Å². The van der Waals surface area contributed by atoms with Crippen LogP contribution in [0.5, 0.6) is 0 Å². The number of nitrogens with one attached hydrogen (secondary N) is 1. The summed E-state index contributed by atoms with van der Waals surface area (Å²) in [6.07, 6.45) is -4.56. The zero-order valence-electron chi connectivity index (χ0n) is 15.5. The number of aromatic nitrogens is 2. The van der Waals surface area contributed by atoms with Crippen LogP contribution in [0.1, 0.15) is 43.3 Å². The lowest BCUT2D eigenvalue weighted by Crippen LogP contribution is -2.25. The predicted molar refractivity (Wildman–Crippen MR) is 93.7 cm³/mol. The topological polar surface area (TPSA) is 64.0 Å². The second-order valence-corrected chi connectivity index (χ2v) is 8.83. The zero-order valence-corrected chi connectivity index (χ0v) is 16.3. The fraction of sp³-hybridized carbons (Fsp3) is 0.471. The molecule has 0 spiro atoms. The summed E-state index contributed by atoms with van der Waals surface area (Å²) in [6, 6.07) is 3.34. The molecule has 0 atom stereocenters. The molecule has 144 valence electrons. The van der Waals surface area contributed by atoms with Crippen LogP contribution < -0.4 is 4.72 Å². The van der Waals surface area contributed by atoms with Crippen molar-refractivity contribution < 1.29 is 21.6 Å². The van der Waals surface area contributed by atoms with Gasteiger partial charge in [-0.3, -0.25) is 9.40 Å². The normalized spacial score (nSPS) is 13.1. The maximum Gasteiger partial charge on any atom is 0.416 e. The molecule has 0 amide bonds. The average Bonchev–Trinajstić information content (AvgIpc) is 2.75. The highest BCUT2D eigenvalue weighted by molar-refractivity contribution is 7.92. The first-order valence-corrected chi connectivity index (χ1v) is 9.40. The van der Waals surface area contributed by atoms with Gasteiger partial charge in [0.25, 0.3) is 10.0 Å². The minimum absolute atomic E-state index is 0.0216. The van der Waals surface area contributed by atoms with Crippen molar-refractivity contribution in [2.45, 2.75) is 58.2 Å². The van der Waals surface area contributed by atoms with E-state index < -0.39 is 27.3 Å². The van der Waals surface area contributed by atoms with E-state index in [9.17, 15) is 21.6 Å². The fourth-order valence-corrected chi connectivity index (χ4v) is 4.31. The molecule has 2 rings (SSSR count). The van der Waals surface area contributed by atoms with Crippen molar-refractivity contribution in [3.63, 3.8) is 0 Å². The Kier molecular flexibility index (Phi) is 4.91. The number of rotatable bonds is 3. The Bertz CT molecular complexity index is 939. The Morgan fingerprint density at radius 2 is 1.65 bits per heavy atom. The van der Waals surface area contributed by atoms with Gasteiger partial charge in [-0.15, -0.1) is 0 Å². The molecule has 0 saturated carbocycles. The molecule has 1 N–H and O–H groups in total. The Balaban J connectivity index is 2.50. The first-order chi connectivity index (χ1) is 11.6. The van der Waals surface area contributed by atoms with E-state index in [0.29, 0.717) is 5.69 Å². The molecule has 0 fully saturated rings. The number of aryl methyl sites for hydroxylation is 2. The highest BCUT2D eigenvalue weighted by Gasteiger charge is 2.33. The third-order valence-corrected chi connectivity index (χ3v) is 5.56. The van der Waals surface area contributed by atoms with Gasteiger partial charge in [0.1, 0.15) is 4.90 Å². The van der Waals surface area contributed by atoms with E-state index in [0.717, 1.165) is 6.07 Å². The predicted octanol–water partition coefficient (Wildman–Crippen LogP) is 4.38. The molecule has 0 bridgehead atoms. The van der Waals surface area contributed by atoms with Crippen LogP contribution in [-0.2, 0) is 21.7 Å². The highest BCUT2D eigenvalue weighted by atomic mass is 32.2. The van der Waals surface area contributed by atoms with Crippen LogP contribution in [0, 0.1) is 20.8 Å². The lowest BCUT2D eigenvalue weighted by Gasteiger charge is -2.21. The number of anilines is 1. The van der Waals surface area contributed by atoms with E-state index >= 15 is 0 Å². The largest absolute Gasteiger partial charge is 0.416 e. The maximum absolute atomic E-state index is 13.1. The van der Waals surface area contributed by atoms with Crippen molar-refractivity contribution in [3.8, 4) is 0 Å². The number of nitrogens with zero attached hydrogens (tertiary/aromatic N) is 2. The van der Waals surface area contributed by atoms with Crippen molar-refractivity contribution in [1.82, 2.24) is 9.78 Å². The SMILES string of the molecule is Cc1ccc(NS(=O)(=O)c2c(C)nn(C(C)(C)C)c2C)cc1C(F)(F)F. The minimum Gasteiger partial charge on any atom is -0.280 e. The molecule has 1 aromatic heterocycles. The van der Waals surface area contributed by atoms with Crippen molar-refractivity contribution in [2.75, 3.05) is 4.72 Å². The van der Waals surface area contributed by atoms with Gasteiger partial charge in [0, 0.05) is 5.69 Å². The maximum atomic E-state index is 13.1. The molecule has 1 aromatic carbocycles. The van der Waals surface area contributed by atoms with E-state index in [2.05, 4.69) is 9.82 Å². The van der Waals surface area contributed by atoms with Crippen LogP contribution in [0.25, 0.3) is 0 Å². The summed E-state index contributed by atoms with van der Waals surface area (Å²) in [5.41, 5.74) is -0.732. The van der Waals surface area contributed by atoms with Gasteiger partial charge >= 0.3 is 6.18 Å². The second kappa shape index (κ2) is 6.29. The number of alkyl halides is 3. The van der Waals surface area contributed by atoms with Crippen molar-refractivity contribution in [3.05, 3.63) is 40.7 Å². The van der Waals surface area contributed by atoms with E-state index in [1.165, 1.54) is 19.1 Å². The third-order valence-electron chi connectivity index (χ3n) is 3.92. The van der Waals surface area contributed by atoms with E-state index in [1.54, 1.807) is 18.5 Å². The Hall–Kier alpha value is -2.03. The molecular formula is C17H22F3N3O2S. The van der Waals surface area contributed by atoms with E-state index in [1.807, 2.05) is 20.8 Å². The lowest BCUT2D eigenvalue weighted by atomic mass is 10.1. The van der Waals surface area contributed by atoms with Gasteiger partial charge in [-0.25, -0.2) is 8.42 Å². The number of sulfonamides is 1. The molecule has 0 aliphatic carbocycles. The molecule has 1 heterocycles. The molecule has 0 unspecified atom stereocenters. The van der Waals surface area contributed by atoms with Gasteiger partial charge in [0.05, 0.1) is 22.5 Å². The molecule has 0 aliphatic heterocycles. The summed E-state index contributed by atoms with van der Waals surface area (Å²) in [6.45, 7) is 10.1. The molecule has 9 heteroatoms. The van der Waals surface area contributed by atoms with E-state index in [4.69, 9.17) is 0 Å². The van der Waals surface area contributed by atoms with Gasteiger partial charge in [-0.1, -0.05) is 6.07 Å². The average molecular weight is 389 g/mol. The monoisotopic (exact) mass is 389 g/mol. The van der Waals surface area contributed by atoms with Gasteiger partial charge in [-0.05, 0) is 59.2 Å². The Labute approximate surface area is 151 Å². The van der Waals surface area contributed by atoms with Crippen molar-refractivity contribution in [1.29, 1.82) is 0 Å². The first kappa shape index (κ1) is 20.3. The molecule has 5 nitrogen and oxygen atoms in total. The van der Waals surface area contributed by atoms with Crippen LogP contribution in [0.15, 0.2) is 23.1 Å². The molecule has 0 saturated heterocycles. The summed E-state index contributed by atoms with van der Waals surface area (Å²) < 4.78 is 68.6. The van der Waals surface area contributed by atoms with Gasteiger partial charge in [-0.2, -0.15) is 18.3 Å². The molecule has 0 radical (unpaired) electrons. The summed E-state index contributed by atoms with van der Waals surface area (Å²) in [5, 5.41) is 4.28. The number of benzene rings is 1. The molecule has 0 aliphatic rings. The minimum atomic E-state index is -4.56. The number of hydrogen-bond acceptors (Lipinski definition) is 3. The fourth-order valence-electron chi connectivity index (χ4n) is 2.87. The number of hydrogen-bond donors (Lipinski definition) is 1. The highest BCUT2D eigenvalue weighted by Crippen LogP contribution is 2.34. The smallest absolute Gasteiger partial charge is 0.280 e. The molecule has 2 aromatic rings. The quantitative estimate of drug-likeness (QED) is 0.847. The van der Waals surface area contributed by atoms with Crippen LogP contribution in [-0.4, -0.2) is 18.2 Å². The second-order valence-electron chi connectivity index (χ2n) is 7.22. The van der Waals surface area contributed by atoms with Gasteiger partial charge in [0.15, 0.2) is 0 Å². The molecule has 26 heavy (non-hydrogen) atoms. The lowest BCUT2D eigenvalue weighted by molar-refractivity contribution is -0.138. The third kappa shape index (κ3) is 3.87. The van der Waals surface area contributed by atoms with Crippen LogP contribution in [0.4, 0.5) is 18.9 Å². The van der Waals surface area contributed by atoms with Gasteiger partial charge < -0.3 is 0 Å². The first-order valence-electron chi connectivity index (χ1n) is 7.92. The number of halogens is 3. The van der Waals surface area contributed by atoms with Gasteiger partial charge in [0.2, 0.25) is 0 Å². The van der Waals surface area contributed by atoms with Crippen LogP contribution in [0.2, 0.25) is 0 Å². The van der Waals surface area contributed by atoms with Crippen molar-refractivity contribution in [2.24, 2.45) is 0 Å². The molecular weight excluding hydrogens is 367 g/mol.